The minimum absolute atomic E-state index is 0.0561. The number of para-hydroxylation sites is 1. The van der Waals surface area contributed by atoms with Gasteiger partial charge in [-0.3, -0.25) is 9.78 Å². The number of pyridine rings is 1. The van der Waals surface area contributed by atoms with Gasteiger partial charge in [-0.1, -0.05) is 12.1 Å². The van der Waals surface area contributed by atoms with Crippen LogP contribution in [0.3, 0.4) is 0 Å². The number of hydrogen-bond acceptors (Lipinski definition) is 5. The van der Waals surface area contributed by atoms with E-state index in [4.69, 9.17) is 0 Å². The third-order valence-electron chi connectivity index (χ3n) is 3.03. The summed E-state index contributed by atoms with van der Waals surface area (Å²) in [6.07, 6.45) is 3.43. The highest BCUT2D eigenvalue weighted by molar-refractivity contribution is 5.92. The van der Waals surface area contributed by atoms with Crippen LogP contribution in [0.2, 0.25) is 0 Å². The number of ketones is 1. The van der Waals surface area contributed by atoms with Crippen molar-refractivity contribution in [3.05, 3.63) is 48.8 Å². The van der Waals surface area contributed by atoms with Crippen molar-refractivity contribution < 1.29 is 4.79 Å². The van der Waals surface area contributed by atoms with Gasteiger partial charge in [-0.15, -0.1) is 0 Å². The van der Waals surface area contributed by atoms with Gasteiger partial charge in [-0.2, -0.15) is 0 Å². The number of carbonyl (C=O) groups excluding carboxylic acids is 1. The molecule has 3 aromatic rings. The van der Waals surface area contributed by atoms with Crippen molar-refractivity contribution in [3.8, 4) is 11.4 Å². The first-order valence-corrected chi connectivity index (χ1v) is 6.64. The van der Waals surface area contributed by atoms with Crippen molar-refractivity contribution in [3.63, 3.8) is 0 Å². The summed E-state index contributed by atoms with van der Waals surface area (Å²) in [4.78, 5) is 24.4. The second-order valence-corrected chi connectivity index (χ2v) is 4.71. The number of aromatic nitrogens is 3. The molecular formula is C16H14N4O. The van der Waals surface area contributed by atoms with Crippen LogP contribution in [0.25, 0.3) is 22.3 Å². The molecule has 0 bridgehead atoms. The standard InChI is InChI=1S/C16H14N4O/c1-11(21)9-18-16-13-6-2-3-7-14(13)19-15(20-16)12-5-4-8-17-10-12/h2-8,10H,9H2,1H3,(H,18,19,20). The molecule has 0 aliphatic carbocycles. The number of benzene rings is 1. The largest absolute Gasteiger partial charge is 0.362 e. The molecule has 5 nitrogen and oxygen atoms in total. The molecule has 0 aliphatic rings. The second kappa shape index (κ2) is 5.66. The molecule has 104 valence electrons. The lowest BCUT2D eigenvalue weighted by Gasteiger charge is -2.09. The molecule has 1 N–H and O–H groups in total. The smallest absolute Gasteiger partial charge is 0.163 e. The van der Waals surface area contributed by atoms with Gasteiger partial charge in [-0.25, -0.2) is 9.97 Å². The average Bonchev–Trinajstić information content (AvgIpc) is 2.53. The van der Waals surface area contributed by atoms with E-state index < -0.39 is 0 Å². The summed E-state index contributed by atoms with van der Waals surface area (Å²) in [6.45, 7) is 1.78. The van der Waals surface area contributed by atoms with Crippen molar-refractivity contribution in [1.82, 2.24) is 15.0 Å². The molecule has 0 radical (unpaired) electrons. The molecule has 0 saturated heterocycles. The maximum Gasteiger partial charge on any atom is 0.163 e. The third-order valence-corrected chi connectivity index (χ3v) is 3.03. The molecule has 0 saturated carbocycles. The molecule has 1 aromatic carbocycles. The highest BCUT2D eigenvalue weighted by Gasteiger charge is 2.09. The van der Waals surface area contributed by atoms with Gasteiger partial charge in [0, 0.05) is 23.3 Å². The Morgan fingerprint density at radius 1 is 1.14 bits per heavy atom. The Labute approximate surface area is 122 Å². The zero-order chi connectivity index (χ0) is 14.7. The van der Waals surface area contributed by atoms with Gasteiger partial charge in [0.2, 0.25) is 0 Å². The van der Waals surface area contributed by atoms with E-state index >= 15 is 0 Å². The Kier molecular flexibility index (Phi) is 3.55. The number of nitrogens with zero attached hydrogens (tertiary/aromatic N) is 3. The minimum atomic E-state index is 0.0561. The Hall–Kier alpha value is -2.82. The quantitative estimate of drug-likeness (QED) is 0.794. The first kappa shape index (κ1) is 13.2. The summed E-state index contributed by atoms with van der Waals surface area (Å²) in [7, 11) is 0. The summed E-state index contributed by atoms with van der Waals surface area (Å²) in [6, 6.07) is 11.5. The Balaban J connectivity index is 2.12. The summed E-state index contributed by atoms with van der Waals surface area (Å²) in [5.41, 5.74) is 1.67. The zero-order valence-electron chi connectivity index (χ0n) is 11.6. The average molecular weight is 278 g/mol. The summed E-state index contributed by atoms with van der Waals surface area (Å²) < 4.78 is 0. The number of anilines is 1. The number of hydrogen-bond donors (Lipinski definition) is 1. The fourth-order valence-corrected chi connectivity index (χ4v) is 2.04. The molecule has 2 aromatic heterocycles. The van der Waals surface area contributed by atoms with Crippen molar-refractivity contribution in [2.45, 2.75) is 6.92 Å². The van der Waals surface area contributed by atoms with Crippen molar-refractivity contribution in [1.29, 1.82) is 0 Å². The third kappa shape index (κ3) is 2.86. The lowest BCUT2D eigenvalue weighted by Crippen LogP contribution is -2.12. The van der Waals surface area contributed by atoms with Gasteiger partial charge in [0.15, 0.2) is 5.82 Å². The lowest BCUT2D eigenvalue weighted by molar-refractivity contribution is -0.115. The summed E-state index contributed by atoms with van der Waals surface area (Å²) in [5, 5.41) is 3.97. The van der Waals surface area contributed by atoms with Crippen LogP contribution in [0.1, 0.15) is 6.92 Å². The SMILES string of the molecule is CC(=O)CNc1nc(-c2cccnc2)nc2ccccc12. The molecule has 3 rings (SSSR count). The van der Waals surface area contributed by atoms with Gasteiger partial charge in [0.25, 0.3) is 0 Å². The molecule has 0 atom stereocenters. The zero-order valence-corrected chi connectivity index (χ0v) is 11.6. The Morgan fingerprint density at radius 3 is 2.76 bits per heavy atom. The molecule has 0 aliphatic heterocycles. The molecule has 0 fully saturated rings. The molecule has 0 spiro atoms. The van der Waals surface area contributed by atoms with Crippen LogP contribution >= 0.6 is 0 Å². The van der Waals surface area contributed by atoms with Crippen LogP contribution in [0.4, 0.5) is 5.82 Å². The molecule has 0 unspecified atom stereocenters. The molecule has 21 heavy (non-hydrogen) atoms. The van der Waals surface area contributed by atoms with Gasteiger partial charge in [0.1, 0.15) is 11.6 Å². The number of nitrogens with one attached hydrogen (secondary N) is 1. The first-order valence-electron chi connectivity index (χ1n) is 6.64. The minimum Gasteiger partial charge on any atom is -0.362 e. The van der Waals surface area contributed by atoms with Crippen LogP contribution in [-0.2, 0) is 4.79 Å². The molecule has 0 amide bonds. The van der Waals surface area contributed by atoms with Crippen molar-refractivity contribution in [2.24, 2.45) is 0 Å². The fourth-order valence-electron chi connectivity index (χ4n) is 2.04. The predicted molar refractivity (Wildman–Crippen MR) is 81.9 cm³/mol. The van der Waals surface area contributed by atoms with E-state index in [1.165, 1.54) is 0 Å². The van der Waals surface area contributed by atoms with Gasteiger partial charge < -0.3 is 5.32 Å². The summed E-state index contributed by atoms with van der Waals surface area (Å²) in [5.74, 6) is 1.31. The van der Waals surface area contributed by atoms with Crippen LogP contribution in [0.5, 0.6) is 0 Å². The Bertz CT molecular complexity index is 787. The van der Waals surface area contributed by atoms with Crippen LogP contribution in [0, 0.1) is 0 Å². The predicted octanol–water partition coefficient (Wildman–Crippen LogP) is 2.69. The van der Waals surface area contributed by atoms with Gasteiger partial charge in [-0.05, 0) is 31.2 Å². The summed E-state index contributed by atoms with van der Waals surface area (Å²) >= 11 is 0. The van der Waals surface area contributed by atoms with E-state index in [-0.39, 0.29) is 12.3 Å². The maximum atomic E-state index is 11.2. The fraction of sp³-hybridized carbons (Fsp3) is 0.125. The van der Waals surface area contributed by atoms with Crippen molar-refractivity contribution in [2.75, 3.05) is 11.9 Å². The van der Waals surface area contributed by atoms with Crippen LogP contribution < -0.4 is 5.32 Å². The van der Waals surface area contributed by atoms with Crippen LogP contribution in [-0.4, -0.2) is 27.3 Å². The van der Waals surface area contributed by atoms with E-state index in [1.807, 2.05) is 36.4 Å². The number of carbonyl (C=O) groups is 1. The monoisotopic (exact) mass is 278 g/mol. The first-order chi connectivity index (χ1) is 10.2. The number of fused-ring (bicyclic) bond motifs is 1. The van der Waals surface area contributed by atoms with E-state index in [0.717, 1.165) is 16.5 Å². The van der Waals surface area contributed by atoms with Gasteiger partial charge in [0.05, 0.1) is 12.1 Å². The van der Waals surface area contributed by atoms with E-state index in [0.29, 0.717) is 11.6 Å². The van der Waals surface area contributed by atoms with Crippen LogP contribution in [0.15, 0.2) is 48.8 Å². The topological polar surface area (TPSA) is 67.8 Å². The highest BCUT2D eigenvalue weighted by Crippen LogP contribution is 2.24. The molecule has 2 heterocycles. The van der Waals surface area contributed by atoms with Crippen molar-refractivity contribution >= 4 is 22.5 Å². The van der Waals surface area contributed by atoms with E-state index in [1.54, 1.807) is 19.3 Å². The van der Waals surface area contributed by atoms with Gasteiger partial charge >= 0.3 is 0 Å². The normalized spacial score (nSPS) is 10.5. The number of rotatable bonds is 4. The maximum absolute atomic E-state index is 11.2. The lowest BCUT2D eigenvalue weighted by atomic mass is 10.2. The molecule has 5 heteroatoms. The highest BCUT2D eigenvalue weighted by atomic mass is 16.1. The van der Waals surface area contributed by atoms with E-state index in [9.17, 15) is 4.79 Å². The Morgan fingerprint density at radius 2 is 2.00 bits per heavy atom. The number of Topliss-reactive ketones (excluding diaryl/α,β-unsaturated/α-hetero) is 1. The molecular weight excluding hydrogens is 264 g/mol. The second-order valence-electron chi connectivity index (χ2n) is 4.71. The van der Waals surface area contributed by atoms with E-state index in [2.05, 4.69) is 20.3 Å².